The van der Waals surface area contributed by atoms with Gasteiger partial charge in [-0.2, -0.15) is 0 Å². The van der Waals surface area contributed by atoms with Crippen LogP contribution in [0.5, 0.6) is 0 Å². The summed E-state index contributed by atoms with van der Waals surface area (Å²) in [7, 11) is 0. The molecule has 1 aliphatic rings. The predicted molar refractivity (Wildman–Crippen MR) is 109 cm³/mol. The van der Waals surface area contributed by atoms with Crippen molar-refractivity contribution in [1.82, 2.24) is 14.9 Å². The standard InChI is InChI=1S/C20H21N3OS2/c1-14-6-5-9-23(10-14)17(24)12-26-20-18-16(15-7-3-2-4-8-15)11-25-19(18)21-13-22-20/h2-4,7-8,11,13-14H,5-6,9-10,12H2,1H3/t14-/m1/s1. The molecule has 0 bridgehead atoms. The number of thioether (sulfide) groups is 1. The van der Waals surface area contributed by atoms with Gasteiger partial charge in [-0.15, -0.1) is 11.3 Å². The highest BCUT2D eigenvalue weighted by molar-refractivity contribution is 8.00. The summed E-state index contributed by atoms with van der Waals surface area (Å²) < 4.78 is 0. The second-order valence-corrected chi connectivity index (χ2v) is 8.57. The fourth-order valence-corrected chi connectivity index (χ4v) is 5.32. The van der Waals surface area contributed by atoms with E-state index in [2.05, 4.69) is 34.4 Å². The first-order valence-corrected chi connectivity index (χ1v) is 10.8. The predicted octanol–water partition coefficient (Wildman–Crippen LogP) is 4.71. The van der Waals surface area contributed by atoms with Crippen molar-refractivity contribution in [3.63, 3.8) is 0 Å². The molecule has 134 valence electrons. The number of likely N-dealkylation sites (tertiary alicyclic amines) is 1. The molecule has 3 heterocycles. The van der Waals surface area contributed by atoms with Crippen molar-refractivity contribution in [2.45, 2.75) is 24.8 Å². The lowest BCUT2D eigenvalue weighted by Gasteiger charge is -2.30. The third-order valence-electron chi connectivity index (χ3n) is 4.76. The lowest BCUT2D eigenvalue weighted by molar-refractivity contribution is -0.130. The van der Waals surface area contributed by atoms with Crippen LogP contribution < -0.4 is 0 Å². The van der Waals surface area contributed by atoms with Crippen LogP contribution in [0, 0.1) is 5.92 Å². The highest BCUT2D eigenvalue weighted by Crippen LogP contribution is 2.37. The number of hydrogen-bond donors (Lipinski definition) is 0. The number of nitrogens with zero attached hydrogens (tertiary/aromatic N) is 3. The molecule has 0 spiro atoms. The largest absolute Gasteiger partial charge is 0.342 e. The lowest BCUT2D eigenvalue weighted by Crippen LogP contribution is -2.40. The maximum absolute atomic E-state index is 12.6. The van der Waals surface area contributed by atoms with Crippen molar-refractivity contribution in [1.29, 1.82) is 0 Å². The molecular formula is C20H21N3OS2. The van der Waals surface area contributed by atoms with Crippen molar-refractivity contribution in [2.75, 3.05) is 18.8 Å². The van der Waals surface area contributed by atoms with Gasteiger partial charge in [0, 0.05) is 24.0 Å². The van der Waals surface area contributed by atoms with E-state index in [9.17, 15) is 4.79 Å². The number of carbonyl (C=O) groups excluding carboxylic acids is 1. The van der Waals surface area contributed by atoms with E-state index in [1.807, 2.05) is 23.1 Å². The highest BCUT2D eigenvalue weighted by Gasteiger charge is 2.22. The van der Waals surface area contributed by atoms with Gasteiger partial charge in [-0.05, 0) is 24.3 Å². The Bertz CT molecular complexity index is 910. The first-order valence-electron chi connectivity index (χ1n) is 8.90. The van der Waals surface area contributed by atoms with E-state index in [0.717, 1.165) is 45.9 Å². The van der Waals surface area contributed by atoms with Gasteiger partial charge < -0.3 is 4.90 Å². The number of rotatable bonds is 4. The van der Waals surface area contributed by atoms with Gasteiger partial charge >= 0.3 is 0 Å². The molecule has 0 aliphatic carbocycles. The topological polar surface area (TPSA) is 46.1 Å². The Hall–Kier alpha value is -1.92. The van der Waals surface area contributed by atoms with Gasteiger partial charge in [0.05, 0.1) is 11.1 Å². The molecule has 4 rings (SSSR count). The monoisotopic (exact) mass is 383 g/mol. The van der Waals surface area contributed by atoms with Crippen LogP contribution in [-0.2, 0) is 4.79 Å². The van der Waals surface area contributed by atoms with E-state index >= 15 is 0 Å². The summed E-state index contributed by atoms with van der Waals surface area (Å²) in [5.41, 5.74) is 2.30. The molecule has 3 aromatic rings. The Morgan fingerprint density at radius 1 is 1.31 bits per heavy atom. The van der Waals surface area contributed by atoms with E-state index in [-0.39, 0.29) is 5.91 Å². The van der Waals surface area contributed by atoms with E-state index in [0.29, 0.717) is 11.7 Å². The van der Waals surface area contributed by atoms with E-state index < -0.39 is 0 Å². The summed E-state index contributed by atoms with van der Waals surface area (Å²) in [6, 6.07) is 10.3. The van der Waals surface area contributed by atoms with Crippen LogP contribution in [-0.4, -0.2) is 39.6 Å². The summed E-state index contributed by atoms with van der Waals surface area (Å²) in [5, 5.41) is 4.09. The summed E-state index contributed by atoms with van der Waals surface area (Å²) >= 11 is 3.16. The minimum Gasteiger partial charge on any atom is -0.342 e. The average molecular weight is 384 g/mol. The summed E-state index contributed by atoms with van der Waals surface area (Å²) in [4.78, 5) is 24.5. The molecule has 0 N–H and O–H groups in total. The van der Waals surface area contributed by atoms with Gasteiger partial charge in [0.1, 0.15) is 16.2 Å². The second kappa shape index (κ2) is 7.76. The van der Waals surface area contributed by atoms with E-state index in [4.69, 9.17) is 0 Å². The van der Waals surface area contributed by atoms with Gasteiger partial charge in [-0.3, -0.25) is 4.79 Å². The average Bonchev–Trinajstić information content (AvgIpc) is 3.11. The molecule has 1 atom stereocenters. The molecule has 0 saturated carbocycles. The van der Waals surface area contributed by atoms with E-state index in [1.54, 1.807) is 17.7 Å². The maximum atomic E-state index is 12.6. The minimum atomic E-state index is 0.213. The van der Waals surface area contributed by atoms with Crippen LogP contribution in [0.4, 0.5) is 0 Å². The Morgan fingerprint density at radius 2 is 2.15 bits per heavy atom. The smallest absolute Gasteiger partial charge is 0.232 e. The molecule has 4 nitrogen and oxygen atoms in total. The first-order chi connectivity index (χ1) is 12.7. The van der Waals surface area contributed by atoms with Crippen LogP contribution in [0.2, 0.25) is 0 Å². The molecule has 1 amide bonds. The zero-order valence-corrected chi connectivity index (χ0v) is 16.4. The number of amides is 1. The SMILES string of the molecule is C[C@@H]1CCCN(C(=O)CSc2ncnc3scc(-c4ccccc4)c23)C1. The number of thiophene rings is 1. The molecule has 2 aromatic heterocycles. The van der Waals surface area contributed by atoms with Crippen molar-refractivity contribution >= 4 is 39.2 Å². The van der Waals surface area contributed by atoms with Crippen molar-refractivity contribution in [3.05, 3.63) is 42.0 Å². The molecular weight excluding hydrogens is 362 g/mol. The third-order valence-corrected chi connectivity index (χ3v) is 6.62. The first kappa shape index (κ1) is 17.5. The van der Waals surface area contributed by atoms with Gasteiger partial charge in [-0.25, -0.2) is 9.97 Å². The fraction of sp³-hybridized carbons (Fsp3) is 0.350. The quantitative estimate of drug-likeness (QED) is 0.483. The zero-order valence-electron chi connectivity index (χ0n) is 14.7. The number of fused-ring (bicyclic) bond motifs is 1. The Kier molecular flexibility index (Phi) is 5.22. The number of piperidine rings is 1. The van der Waals surface area contributed by atoms with Gasteiger partial charge in [0.25, 0.3) is 0 Å². The number of carbonyl (C=O) groups is 1. The molecule has 0 unspecified atom stereocenters. The lowest BCUT2D eigenvalue weighted by atomic mass is 10.0. The van der Waals surface area contributed by atoms with Gasteiger partial charge in [0.15, 0.2) is 0 Å². The fourth-order valence-electron chi connectivity index (χ4n) is 3.42. The highest BCUT2D eigenvalue weighted by atomic mass is 32.2. The van der Waals surface area contributed by atoms with Crippen LogP contribution in [0.15, 0.2) is 47.1 Å². The molecule has 1 aromatic carbocycles. The third kappa shape index (κ3) is 3.62. The molecule has 1 saturated heterocycles. The molecule has 1 aliphatic heterocycles. The second-order valence-electron chi connectivity index (χ2n) is 6.75. The summed E-state index contributed by atoms with van der Waals surface area (Å²) in [6.07, 6.45) is 3.93. The van der Waals surface area contributed by atoms with Crippen molar-refractivity contribution in [2.24, 2.45) is 5.92 Å². The Morgan fingerprint density at radius 3 is 2.96 bits per heavy atom. The summed E-state index contributed by atoms with van der Waals surface area (Å²) in [5.74, 6) is 1.25. The normalized spacial score (nSPS) is 17.6. The van der Waals surface area contributed by atoms with Gasteiger partial charge in [0.2, 0.25) is 5.91 Å². The zero-order chi connectivity index (χ0) is 17.9. The van der Waals surface area contributed by atoms with Crippen LogP contribution in [0.3, 0.4) is 0 Å². The number of hydrogen-bond acceptors (Lipinski definition) is 5. The molecule has 26 heavy (non-hydrogen) atoms. The molecule has 1 fully saturated rings. The minimum absolute atomic E-state index is 0.213. The van der Waals surface area contributed by atoms with Crippen LogP contribution >= 0.6 is 23.1 Å². The molecule has 6 heteroatoms. The van der Waals surface area contributed by atoms with Crippen LogP contribution in [0.25, 0.3) is 21.3 Å². The summed E-state index contributed by atoms with van der Waals surface area (Å²) in [6.45, 7) is 3.99. The number of benzene rings is 1. The molecule has 0 radical (unpaired) electrons. The van der Waals surface area contributed by atoms with E-state index in [1.165, 1.54) is 18.2 Å². The maximum Gasteiger partial charge on any atom is 0.232 e. The van der Waals surface area contributed by atoms with Crippen molar-refractivity contribution < 1.29 is 4.79 Å². The van der Waals surface area contributed by atoms with Crippen molar-refractivity contribution in [3.8, 4) is 11.1 Å². The van der Waals surface area contributed by atoms with Crippen LogP contribution in [0.1, 0.15) is 19.8 Å². The Balaban J connectivity index is 1.57. The Labute approximate surface area is 161 Å². The number of aromatic nitrogens is 2. The van der Waals surface area contributed by atoms with Gasteiger partial charge in [-0.1, -0.05) is 49.0 Å².